The Labute approximate surface area is 191 Å². The third kappa shape index (κ3) is 4.17. The van der Waals surface area contributed by atoms with Crippen LogP contribution in [0.5, 0.6) is 0 Å². The van der Waals surface area contributed by atoms with E-state index in [1.54, 1.807) is 32.1 Å². The Kier molecular flexibility index (Phi) is 9.40. The molecule has 0 aromatic heterocycles. The molecule has 4 saturated carbocycles. The maximum Gasteiger partial charge on any atom is -0.0238 e. The average Bonchev–Trinajstić information content (AvgIpc) is 3.11. The van der Waals surface area contributed by atoms with Crippen molar-refractivity contribution in [2.75, 3.05) is 0 Å². The molecular weight excluding hydrogens is 360 g/mol. The van der Waals surface area contributed by atoms with Gasteiger partial charge >= 0.3 is 0 Å². The number of hydrogen-bond acceptors (Lipinski definition) is 0. The summed E-state index contributed by atoms with van der Waals surface area (Å²) < 4.78 is 0. The molecule has 0 spiro atoms. The van der Waals surface area contributed by atoms with Crippen LogP contribution in [-0.4, -0.2) is 0 Å². The minimum absolute atomic E-state index is 0.637. The van der Waals surface area contributed by atoms with E-state index in [-0.39, 0.29) is 0 Å². The van der Waals surface area contributed by atoms with Crippen LogP contribution in [0.1, 0.15) is 146 Å². The highest BCUT2D eigenvalue weighted by Crippen LogP contribution is 2.72. The Morgan fingerprint density at radius 1 is 0.733 bits per heavy atom. The third-order valence-electron chi connectivity index (χ3n) is 10.9. The normalized spacial score (nSPS) is 46.9. The number of hydrogen-bond donors (Lipinski definition) is 0. The maximum absolute atomic E-state index is 2.75. The van der Waals surface area contributed by atoms with E-state index < -0.39 is 0 Å². The molecule has 0 heterocycles. The van der Waals surface area contributed by atoms with E-state index in [4.69, 9.17) is 0 Å². The van der Waals surface area contributed by atoms with Crippen LogP contribution in [0, 0.1) is 45.8 Å². The van der Waals surface area contributed by atoms with Gasteiger partial charge in [-0.3, -0.25) is 0 Å². The smallest absolute Gasteiger partial charge is 0.0238 e. The average molecular weight is 419 g/mol. The second-order valence-corrected chi connectivity index (χ2v) is 11.8. The van der Waals surface area contributed by atoms with Crippen molar-refractivity contribution in [1.29, 1.82) is 0 Å². The first kappa shape index (κ1) is 26.3. The largest absolute Gasteiger partial charge is 0.0683 e. The number of rotatable bonds is 4. The quantitative estimate of drug-likeness (QED) is 0.426. The van der Waals surface area contributed by atoms with Crippen LogP contribution in [0.3, 0.4) is 0 Å². The molecule has 0 aliphatic heterocycles. The molecule has 0 heteroatoms. The Balaban J connectivity index is 0.000000757. The molecule has 30 heavy (non-hydrogen) atoms. The first-order valence-corrected chi connectivity index (χ1v) is 14.4. The fraction of sp³-hybridized carbons (Fsp3) is 1.00. The summed E-state index contributed by atoms with van der Waals surface area (Å²) in [5.41, 5.74) is 2.03. The van der Waals surface area contributed by atoms with Crippen molar-refractivity contribution >= 4 is 0 Å². The Morgan fingerprint density at radius 3 is 2.07 bits per heavy atom. The van der Waals surface area contributed by atoms with Gasteiger partial charge in [-0.05, 0) is 104 Å². The van der Waals surface area contributed by atoms with Gasteiger partial charge in [-0.25, -0.2) is 0 Å². The van der Waals surface area contributed by atoms with Crippen LogP contribution < -0.4 is 0 Å². The molecule has 8 atom stereocenters. The molecule has 178 valence electrons. The molecular formula is C30H58. The van der Waals surface area contributed by atoms with Crippen LogP contribution in [0.15, 0.2) is 0 Å². The van der Waals surface area contributed by atoms with Gasteiger partial charge in [0.1, 0.15) is 0 Å². The van der Waals surface area contributed by atoms with Gasteiger partial charge in [-0.1, -0.05) is 88.0 Å². The van der Waals surface area contributed by atoms with Gasteiger partial charge in [0.05, 0.1) is 0 Å². The summed E-state index contributed by atoms with van der Waals surface area (Å²) in [5, 5.41) is 0. The minimum Gasteiger partial charge on any atom is -0.0683 e. The van der Waals surface area contributed by atoms with Crippen LogP contribution in [0.4, 0.5) is 0 Å². The van der Waals surface area contributed by atoms with Crippen molar-refractivity contribution in [2.24, 2.45) is 45.8 Å². The van der Waals surface area contributed by atoms with Gasteiger partial charge < -0.3 is 0 Å². The lowest BCUT2D eigenvalue weighted by Crippen LogP contribution is -2.57. The van der Waals surface area contributed by atoms with Crippen LogP contribution in [-0.2, 0) is 0 Å². The number of fused-ring (bicyclic) bond motifs is 5. The van der Waals surface area contributed by atoms with Gasteiger partial charge in [0.15, 0.2) is 0 Å². The predicted octanol–water partition coefficient (Wildman–Crippen LogP) is 10.3. The molecule has 4 rings (SSSR count). The molecule has 0 aromatic rings. The maximum atomic E-state index is 2.75. The lowest BCUT2D eigenvalue weighted by atomic mass is 9.39. The molecule has 0 aromatic carbocycles. The Bertz CT molecular complexity index is 508. The first-order valence-electron chi connectivity index (χ1n) is 14.4. The van der Waals surface area contributed by atoms with Crippen molar-refractivity contribution in [3.05, 3.63) is 0 Å². The van der Waals surface area contributed by atoms with Crippen molar-refractivity contribution in [3.63, 3.8) is 0 Å². The molecule has 0 nitrogen and oxygen atoms in total. The van der Waals surface area contributed by atoms with Crippen molar-refractivity contribution in [1.82, 2.24) is 0 Å². The second-order valence-electron chi connectivity index (χ2n) is 11.8. The van der Waals surface area contributed by atoms with Crippen molar-refractivity contribution in [3.8, 4) is 0 Å². The lowest BCUT2D eigenvalue weighted by Gasteiger charge is -2.66. The fourth-order valence-corrected chi connectivity index (χ4v) is 9.62. The molecule has 7 unspecified atom stereocenters. The van der Waals surface area contributed by atoms with E-state index >= 15 is 0 Å². The summed E-state index contributed by atoms with van der Waals surface area (Å²) in [6, 6.07) is 0. The first-order chi connectivity index (χ1) is 14.4. The molecule has 4 aliphatic carbocycles. The molecule has 0 N–H and O–H groups in total. The summed E-state index contributed by atoms with van der Waals surface area (Å²) in [6.07, 6.45) is 19.8. The monoisotopic (exact) mass is 418 g/mol. The van der Waals surface area contributed by atoms with Gasteiger partial charge in [0.2, 0.25) is 0 Å². The summed E-state index contributed by atoms with van der Waals surface area (Å²) in [7, 11) is 0. The predicted molar refractivity (Wildman–Crippen MR) is 136 cm³/mol. The highest BCUT2D eigenvalue weighted by atomic mass is 14.7. The van der Waals surface area contributed by atoms with Gasteiger partial charge in [0, 0.05) is 0 Å². The van der Waals surface area contributed by atoms with E-state index in [0.717, 1.165) is 35.0 Å². The van der Waals surface area contributed by atoms with Gasteiger partial charge in [0.25, 0.3) is 0 Å². The highest BCUT2D eigenvalue weighted by molar-refractivity contribution is 5.12. The SMILES string of the molecule is CC.CC.CCCC1CCC2C3CCC4(C)C[C@H](C)CCC4(C)C3CCC12CCC. The van der Waals surface area contributed by atoms with Crippen LogP contribution in [0.25, 0.3) is 0 Å². The van der Waals surface area contributed by atoms with E-state index in [9.17, 15) is 0 Å². The van der Waals surface area contributed by atoms with E-state index in [2.05, 4.69) is 34.6 Å². The zero-order chi connectivity index (χ0) is 22.6. The van der Waals surface area contributed by atoms with Gasteiger partial charge in [-0.2, -0.15) is 0 Å². The standard InChI is InChI=1S/C26H46.2C2H6/c1-6-8-20-9-10-23-21-12-15-24(4)18-19(3)11-16-25(24,5)22(21)13-17-26(20,23)14-7-2;2*1-2/h19-23H,6-18H2,1-5H3;2*1-2H3/t19-,20?,21?,22?,23?,24?,25?,26?;;/m1../s1. The topological polar surface area (TPSA) is 0 Å². The molecule has 4 aliphatic rings. The summed E-state index contributed by atoms with van der Waals surface area (Å²) in [4.78, 5) is 0. The summed E-state index contributed by atoms with van der Waals surface area (Å²) in [6.45, 7) is 20.9. The Hall–Kier alpha value is 0. The summed E-state index contributed by atoms with van der Waals surface area (Å²) >= 11 is 0. The molecule has 4 fully saturated rings. The molecule has 0 saturated heterocycles. The zero-order valence-corrected chi connectivity index (χ0v) is 22.6. The molecule has 0 bridgehead atoms. The third-order valence-corrected chi connectivity index (χ3v) is 10.9. The van der Waals surface area contributed by atoms with Gasteiger partial charge in [-0.15, -0.1) is 0 Å². The zero-order valence-electron chi connectivity index (χ0n) is 22.6. The minimum atomic E-state index is 0.637. The second kappa shape index (κ2) is 10.7. The van der Waals surface area contributed by atoms with Crippen LogP contribution >= 0.6 is 0 Å². The van der Waals surface area contributed by atoms with Crippen LogP contribution in [0.2, 0.25) is 0 Å². The van der Waals surface area contributed by atoms with Crippen molar-refractivity contribution in [2.45, 2.75) is 146 Å². The lowest BCUT2D eigenvalue weighted by molar-refractivity contribution is -0.164. The van der Waals surface area contributed by atoms with Crippen molar-refractivity contribution < 1.29 is 0 Å². The highest BCUT2D eigenvalue weighted by Gasteiger charge is 2.63. The molecule has 0 radical (unpaired) electrons. The van der Waals surface area contributed by atoms with E-state index in [1.165, 1.54) is 51.4 Å². The van der Waals surface area contributed by atoms with E-state index in [0.29, 0.717) is 10.8 Å². The summed E-state index contributed by atoms with van der Waals surface area (Å²) in [5.74, 6) is 5.23. The van der Waals surface area contributed by atoms with E-state index in [1.807, 2.05) is 27.7 Å². The molecule has 0 amide bonds. The fourth-order valence-electron chi connectivity index (χ4n) is 9.62. The Morgan fingerprint density at radius 2 is 1.43 bits per heavy atom.